The van der Waals surface area contributed by atoms with Gasteiger partial charge in [0.25, 0.3) is 0 Å². The fourth-order valence-electron chi connectivity index (χ4n) is 1.89. The van der Waals surface area contributed by atoms with E-state index in [0.29, 0.717) is 39.0 Å². The van der Waals surface area contributed by atoms with Gasteiger partial charge in [-0.2, -0.15) is 0 Å². The Hall–Kier alpha value is -0.400. The molecule has 0 spiro atoms. The maximum atomic E-state index is 11.6. The van der Waals surface area contributed by atoms with Crippen LogP contribution in [-0.4, -0.2) is 59.8 Å². The molecule has 0 aliphatic heterocycles. The largest absolute Gasteiger partial charge is 1.00 e. The average molecular weight is 336 g/mol. The van der Waals surface area contributed by atoms with Crippen LogP contribution in [0.3, 0.4) is 0 Å². The summed E-state index contributed by atoms with van der Waals surface area (Å²) in [4.78, 5) is 16.5. The minimum absolute atomic E-state index is 0. The number of carbonyl (C=O) groups is 1. The molecular weight excluding hydrogens is 307 g/mol. The Balaban J connectivity index is 0. The second-order valence-electron chi connectivity index (χ2n) is 5.16. The van der Waals surface area contributed by atoms with E-state index in [1.807, 2.05) is 17.1 Å². The van der Waals surface area contributed by atoms with Crippen LogP contribution in [0, 0.1) is 0 Å². The maximum Gasteiger partial charge on any atom is 1.00 e. The fraction of sp³-hybridized carbons (Fsp3) is 0.750. The molecule has 0 atom stereocenters. The predicted molar refractivity (Wildman–Crippen MR) is 86.0 cm³/mol. The van der Waals surface area contributed by atoms with E-state index in [1.165, 1.54) is 0 Å². The first-order chi connectivity index (χ1) is 10.6. The van der Waals surface area contributed by atoms with Gasteiger partial charge in [0.1, 0.15) is 0 Å². The summed E-state index contributed by atoms with van der Waals surface area (Å²) in [5.41, 5.74) is 0. The molecule has 23 heavy (non-hydrogen) atoms. The van der Waals surface area contributed by atoms with Gasteiger partial charge in [-0.05, 0) is 25.2 Å². The molecule has 6 nitrogen and oxygen atoms in total. The Morgan fingerprint density at radius 1 is 1.22 bits per heavy atom. The summed E-state index contributed by atoms with van der Waals surface area (Å²) < 4.78 is 0. The third kappa shape index (κ3) is 17.8. The van der Waals surface area contributed by atoms with E-state index in [4.69, 9.17) is 10.2 Å². The Kier molecular flexibility index (Phi) is 19.4. The molecule has 0 saturated carbocycles. The van der Waals surface area contributed by atoms with E-state index >= 15 is 0 Å². The number of carboxylic acid groups (broad SMARTS) is 1. The van der Waals surface area contributed by atoms with Crippen molar-refractivity contribution in [3.8, 4) is 0 Å². The maximum absolute atomic E-state index is 11.6. The molecule has 0 unspecified atom stereocenters. The van der Waals surface area contributed by atoms with E-state index < -0.39 is 5.97 Å². The zero-order valence-corrected chi connectivity index (χ0v) is 16.5. The minimum atomic E-state index is -0.848. The smallest absolute Gasteiger partial charge is 0.862 e. The van der Waals surface area contributed by atoms with E-state index in [0.717, 1.165) is 19.3 Å². The van der Waals surface area contributed by atoms with Crippen LogP contribution < -0.4 is 34.7 Å². The fourth-order valence-corrected chi connectivity index (χ4v) is 1.89. The van der Waals surface area contributed by atoms with Crippen LogP contribution in [0.5, 0.6) is 0 Å². The van der Waals surface area contributed by atoms with Crippen molar-refractivity contribution in [2.75, 3.05) is 32.8 Å². The molecular formula is C16H29N2NaO4. The van der Waals surface area contributed by atoms with Gasteiger partial charge in [-0.3, -0.25) is 4.79 Å². The van der Waals surface area contributed by atoms with Gasteiger partial charge in [0.15, 0.2) is 0 Å². The average Bonchev–Trinajstić information content (AvgIpc) is 2.49. The molecule has 7 heteroatoms. The summed E-state index contributed by atoms with van der Waals surface area (Å²) >= 11 is 0. The molecule has 0 saturated heterocycles. The summed E-state index contributed by atoms with van der Waals surface area (Å²) in [6, 6.07) is 0. The second kappa shape index (κ2) is 17.9. The molecule has 0 bridgehead atoms. The number of hydrogen-bond donors (Lipinski definition) is 2. The Bertz CT molecular complexity index is 349. The molecule has 2 N–H and O–H groups in total. The van der Waals surface area contributed by atoms with Crippen LogP contribution in [-0.2, 0) is 4.79 Å². The van der Waals surface area contributed by atoms with Crippen molar-refractivity contribution in [1.82, 2.24) is 4.90 Å². The minimum Gasteiger partial charge on any atom is -0.862 e. The number of hydrogen-bond acceptors (Lipinski definition) is 5. The number of nitrogens with zero attached hydrogens (tertiary/aromatic N) is 2. The Morgan fingerprint density at radius 2 is 1.96 bits per heavy atom. The van der Waals surface area contributed by atoms with Gasteiger partial charge in [0, 0.05) is 26.2 Å². The number of aliphatic hydroxyl groups is 1. The van der Waals surface area contributed by atoms with Crippen molar-refractivity contribution in [1.29, 1.82) is 0 Å². The molecule has 0 rings (SSSR count). The molecule has 0 fully saturated rings. The van der Waals surface area contributed by atoms with Crippen LogP contribution in [0.2, 0.25) is 0 Å². The van der Waals surface area contributed by atoms with Crippen molar-refractivity contribution in [2.24, 2.45) is 4.99 Å². The molecule has 128 valence electrons. The number of aliphatic carboxylic acids is 1. The van der Waals surface area contributed by atoms with E-state index in [-0.39, 0.29) is 48.5 Å². The van der Waals surface area contributed by atoms with Crippen molar-refractivity contribution in [2.45, 2.75) is 45.4 Å². The van der Waals surface area contributed by atoms with Crippen LogP contribution >= 0.6 is 0 Å². The zero-order chi connectivity index (χ0) is 16.6. The normalized spacial score (nSPS) is 11.9. The Labute approximate surface area is 161 Å². The van der Waals surface area contributed by atoms with E-state index in [1.54, 1.807) is 0 Å². The third-order valence-corrected chi connectivity index (χ3v) is 3.16. The summed E-state index contributed by atoms with van der Waals surface area (Å²) in [5.74, 6) is -0.993. The second-order valence-corrected chi connectivity index (χ2v) is 5.16. The number of aliphatic imine (C=N–C) groups is 1. The molecule has 0 aliphatic rings. The number of carboxylic acids is 1. The quantitative estimate of drug-likeness (QED) is 0.126. The van der Waals surface area contributed by atoms with Crippen molar-refractivity contribution < 1.29 is 49.7 Å². The summed E-state index contributed by atoms with van der Waals surface area (Å²) in [7, 11) is 0. The summed E-state index contributed by atoms with van der Waals surface area (Å²) in [6.07, 6.45) is 8.11. The van der Waals surface area contributed by atoms with Gasteiger partial charge in [-0.15, -0.1) is 0 Å². The summed E-state index contributed by atoms with van der Waals surface area (Å²) in [6.45, 7) is 4.13. The van der Waals surface area contributed by atoms with E-state index in [9.17, 15) is 9.90 Å². The van der Waals surface area contributed by atoms with Gasteiger partial charge in [0.2, 0.25) is 0 Å². The molecule has 0 heterocycles. The SMILES string of the molecule is CCCC/C=C/CC([O-])=NCCN(CCCO)CCC(=O)O.[Na+]. The topological polar surface area (TPSA) is 96.2 Å². The van der Waals surface area contributed by atoms with Gasteiger partial charge in [0.05, 0.1) is 13.0 Å². The van der Waals surface area contributed by atoms with Gasteiger partial charge >= 0.3 is 35.5 Å². The molecule has 0 aliphatic carbocycles. The van der Waals surface area contributed by atoms with Crippen LogP contribution in [0.25, 0.3) is 0 Å². The molecule has 0 amide bonds. The van der Waals surface area contributed by atoms with Gasteiger partial charge < -0.3 is 25.2 Å². The number of unbranched alkanes of at least 4 members (excludes halogenated alkanes) is 2. The first-order valence-corrected chi connectivity index (χ1v) is 8.00. The molecule has 0 radical (unpaired) electrons. The monoisotopic (exact) mass is 336 g/mol. The van der Waals surface area contributed by atoms with Crippen molar-refractivity contribution in [3.63, 3.8) is 0 Å². The standard InChI is InChI=1S/C16H30N2O4.Na/c1-2-3-4-5-6-8-15(20)17-10-13-18(11-7-14-19)12-9-16(21)22;/h5-6,19H,2-4,7-14H2,1H3,(H,17,20)(H,21,22);/q;+1/p-1/b6-5+;. The van der Waals surface area contributed by atoms with Crippen molar-refractivity contribution >= 4 is 11.9 Å². The third-order valence-electron chi connectivity index (χ3n) is 3.16. The molecule has 0 aromatic rings. The predicted octanol–water partition coefficient (Wildman–Crippen LogP) is -1.96. The van der Waals surface area contributed by atoms with Crippen LogP contribution in [0.15, 0.2) is 17.1 Å². The number of rotatable bonds is 14. The summed E-state index contributed by atoms with van der Waals surface area (Å²) in [5, 5.41) is 29.1. The molecule has 0 aromatic heterocycles. The zero-order valence-electron chi connectivity index (χ0n) is 14.5. The number of allylic oxidation sites excluding steroid dienone is 1. The number of aliphatic hydroxyl groups excluding tert-OH is 1. The van der Waals surface area contributed by atoms with Gasteiger partial charge in [-0.25, -0.2) is 0 Å². The Morgan fingerprint density at radius 3 is 2.57 bits per heavy atom. The first-order valence-electron chi connectivity index (χ1n) is 8.00. The molecule has 0 aromatic carbocycles. The van der Waals surface area contributed by atoms with E-state index in [2.05, 4.69) is 11.9 Å². The van der Waals surface area contributed by atoms with Crippen LogP contribution in [0.1, 0.15) is 45.4 Å². The first kappa shape index (κ1) is 24.8. The van der Waals surface area contributed by atoms with Crippen LogP contribution in [0.4, 0.5) is 0 Å². The van der Waals surface area contributed by atoms with Gasteiger partial charge in [-0.1, -0.05) is 31.9 Å². The van der Waals surface area contributed by atoms with Crippen molar-refractivity contribution in [3.05, 3.63) is 12.2 Å².